The lowest BCUT2D eigenvalue weighted by Gasteiger charge is -2.11. The number of rotatable bonds is 5. The van der Waals surface area contributed by atoms with E-state index >= 15 is 0 Å². The van der Waals surface area contributed by atoms with Crippen LogP contribution in [0.3, 0.4) is 0 Å². The van der Waals surface area contributed by atoms with Gasteiger partial charge >= 0.3 is 0 Å². The number of para-hydroxylation sites is 1. The average Bonchev–Trinajstić information content (AvgIpc) is 3.07. The molecule has 0 N–H and O–H groups in total. The number of hydrogen-bond donors (Lipinski definition) is 0. The summed E-state index contributed by atoms with van der Waals surface area (Å²) in [5, 5.41) is 10.9. The second kappa shape index (κ2) is 6.25. The topological polar surface area (TPSA) is 90.6 Å². The van der Waals surface area contributed by atoms with E-state index in [9.17, 15) is 8.42 Å². The standard InChI is InChI=1S/C15H15N5O2S/c1-12(14-9-5-6-10-16-14)11-23(21,22)15-17-18-19-20(15)13-7-3-2-4-8-13/h2-10,12H,11H2,1H3. The molecule has 0 radical (unpaired) electrons. The van der Waals surface area contributed by atoms with E-state index in [1.54, 1.807) is 42.6 Å². The third kappa shape index (κ3) is 3.26. The van der Waals surface area contributed by atoms with Crippen LogP contribution in [0.2, 0.25) is 0 Å². The van der Waals surface area contributed by atoms with Gasteiger partial charge in [0.1, 0.15) is 0 Å². The van der Waals surface area contributed by atoms with E-state index in [4.69, 9.17) is 0 Å². The van der Waals surface area contributed by atoms with Gasteiger partial charge in [0.05, 0.1) is 11.4 Å². The van der Waals surface area contributed by atoms with Crippen molar-refractivity contribution >= 4 is 9.84 Å². The van der Waals surface area contributed by atoms with Crippen molar-refractivity contribution in [3.8, 4) is 5.69 Å². The smallest absolute Gasteiger partial charge is 0.261 e. The van der Waals surface area contributed by atoms with E-state index in [0.717, 1.165) is 5.69 Å². The van der Waals surface area contributed by atoms with Crippen LogP contribution in [0.1, 0.15) is 18.5 Å². The molecular formula is C15H15N5O2S. The summed E-state index contributed by atoms with van der Waals surface area (Å²) < 4.78 is 26.6. The fourth-order valence-electron chi connectivity index (χ4n) is 2.26. The van der Waals surface area contributed by atoms with Crippen LogP contribution in [0, 0.1) is 0 Å². The van der Waals surface area contributed by atoms with Gasteiger partial charge in [-0.2, -0.15) is 4.68 Å². The Labute approximate surface area is 133 Å². The summed E-state index contributed by atoms with van der Waals surface area (Å²) in [6.07, 6.45) is 1.65. The highest BCUT2D eigenvalue weighted by Gasteiger charge is 2.27. The fraction of sp³-hybridized carbons (Fsp3) is 0.200. The van der Waals surface area contributed by atoms with Crippen LogP contribution >= 0.6 is 0 Å². The Morgan fingerprint density at radius 2 is 1.83 bits per heavy atom. The first-order valence-corrected chi connectivity index (χ1v) is 8.70. The van der Waals surface area contributed by atoms with Gasteiger partial charge in [-0.1, -0.05) is 36.3 Å². The molecule has 0 spiro atoms. The maximum Gasteiger partial charge on any atom is 0.272 e. The minimum Gasteiger partial charge on any atom is -0.261 e. The van der Waals surface area contributed by atoms with Gasteiger partial charge in [0.2, 0.25) is 9.84 Å². The molecule has 0 saturated heterocycles. The monoisotopic (exact) mass is 329 g/mol. The summed E-state index contributed by atoms with van der Waals surface area (Å²) in [4.78, 5) is 4.20. The Bertz CT molecular complexity index is 879. The fourth-order valence-corrected chi connectivity index (χ4v) is 3.81. The Morgan fingerprint density at radius 3 is 2.52 bits per heavy atom. The lowest BCUT2D eigenvalue weighted by Crippen LogP contribution is -2.18. The Kier molecular flexibility index (Phi) is 4.16. The maximum atomic E-state index is 12.7. The number of sulfone groups is 1. The summed E-state index contributed by atoms with van der Waals surface area (Å²) in [5.74, 6) is -0.376. The number of nitrogens with zero attached hydrogens (tertiary/aromatic N) is 5. The quantitative estimate of drug-likeness (QED) is 0.706. The highest BCUT2D eigenvalue weighted by atomic mass is 32.2. The van der Waals surface area contributed by atoms with Crippen LogP contribution in [0.4, 0.5) is 0 Å². The van der Waals surface area contributed by atoms with Crippen molar-refractivity contribution in [2.75, 3.05) is 5.75 Å². The molecule has 0 fully saturated rings. The molecule has 2 aromatic heterocycles. The Balaban J connectivity index is 1.91. The van der Waals surface area contributed by atoms with E-state index in [1.165, 1.54) is 4.68 Å². The molecule has 0 bridgehead atoms. The Hall–Kier alpha value is -2.61. The summed E-state index contributed by atoms with van der Waals surface area (Å²) >= 11 is 0. The van der Waals surface area contributed by atoms with Crippen molar-refractivity contribution in [3.63, 3.8) is 0 Å². The lowest BCUT2D eigenvalue weighted by atomic mass is 10.1. The van der Waals surface area contributed by atoms with Crippen molar-refractivity contribution in [2.45, 2.75) is 18.0 Å². The van der Waals surface area contributed by atoms with Gasteiger partial charge in [0, 0.05) is 17.8 Å². The van der Waals surface area contributed by atoms with Gasteiger partial charge in [-0.05, 0) is 34.7 Å². The van der Waals surface area contributed by atoms with Gasteiger partial charge in [0.15, 0.2) is 0 Å². The van der Waals surface area contributed by atoms with E-state index in [-0.39, 0.29) is 16.8 Å². The van der Waals surface area contributed by atoms with Crippen molar-refractivity contribution in [1.29, 1.82) is 0 Å². The largest absolute Gasteiger partial charge is 0.272 e. The third-order valence-corrected chi connectivity index (χ3v) is 5.13. The number of tetrazole rings is 1. The summed E-state index contributed by atoms with van der Waals surface area (Å²) in [6.45, 7) is 1.82. The predicted octanol–water partition coefficient (Wildman–Crippen LogP) is 1.63. The maximum absolute atomic E-state index is 12.7. The highest BCUT2D eigenvalue weighted by molar-refractivity contribution is 7.91. The number of aromatic nitrogens is 5. The molecule has 0 amide bonds. The first-order chi connectivity index (χ1) is 11.1. The van der Waals surface area contributed by atoms with Gasteiger partial charge in [0.25, 0.3) is 5.16 Å². The first kappa shape index (κ1) is 15.3. The second-order valence-corrected chi connectivity index (χ2v) is 7.07. The third-order valence-electron chi connectivity index (χ3n) is 3.38. The molecule has 1 atom stereocenters. The normalized spacial score (nSPS) is 12.9. The molecule has 0 saturated carbocycles. The van der Waals surface area contributed by atoms with Crippen LogP contribution in [0.5, 0.6) is 0 Å². The van der Waals surface area contributed by atoms with E-state index in [2.05, 4.69) is 20.5 Å². The first-order valence-electron chi connectivity index (χ1n) is 7.05. The molecule has 0 aliphatic heterocycles. The summed E-state index contributed by atoms with van der Waals surface area (Å²) in [6, 6.07) is 14.4. The second-order valence-electron chi connectivity index (χ2n) is 5.15. The van der Waals surface area contributed by atoms with E-state index in [0.29, 0.717) is 5.69 Å². The minimum absolute atomic E-state index is 0.114. The van der Waals surface area contributed by atoms with E-state index in [1.807, 2.05) is 19.1 Å². The van der Waals surface area contributed by atoms with Crippen molar-refractivity contribution in [3.05, 3.63) is 60.4 Å². The summed E-state index contributed by atoms with van der Waals surface area (Å²) in [7, 11) is -3.66. The van der Waals surface area contributed by atoms with Crippen LogP contribution < -0.4 is 0 Å². The van der Waals surface area contributed by atoms with Crippen LogP contribution in [-0.2, 0) is 9.84 Å². The van der Waals surface area contributed by atoms with Crippen LogP contribution in [0.15, 0.2) is 59.9 Å². The van der Waals surface area contributed by atoms with Crippen LogP contribution in [0.25, 0.3) is 5.69 Å². The molecule has 23 heavy (non-hydrogen) atoms. The molecule has 1 unspecified atom stereocenters. The van der Waals surface area contributed by atoms with E-state index < -0.39 is 9.84 Å². The molecule has 7 nitrogen and oxygen atoms in total. The molecule has 0 aliphatic rings. The average molecular weight is 329 g/mol. The number of hydrogen-bond acceptors (Lipinski definition) is 6. The predicted molar refractivity (Wildman–Crippen MR) is 83.9 cm³/mol. The zero-order valence-corrected chi connectivity index (χ0v) is 13.3. The zero-order chi connectivity index (χ0) is 16.3. The van der Waals surface area contributed by atoms with Gasteiger partial charge in [-0.15, -0.1) is 0 Å². The molecule has 3 aromatic rings. The zero-order valence-electron chi connectivity index (χ0n) is 12.4. The molecule has 8 heteroatoms. The van der Waals surface area contributed by atoms with Crippen LogP contribution in [-0.4, -0.2) is 39.4 Å². The van der Waals surface area contributed by atoms with Crippen molar-refractivity contribution in [1.82, 2.24) is 25.2 Å². The summed E-state index contributed by atoms with van der Waals surface area (Å²) in [5.41, 5.74) is 1.32. The molecule has 3 rings (SSSR count). The Morgan fingerprint density at radius 1 is 1.09 bits per heavy atom. The molecule has 2 heterocycles. The number of pyridine rings is 1. The van der Waals surface area contributed by atoms with Gasteiger partial charge in [-0.25, -0.2) is 8.42 Å². The minimum atomic E-state index is -3.66. The van der Waals surface area contributed by atoms with Crippen molar-refractivity contribution in [2.24, 2.45) is 0 Å². The highest BCUT2D eigenvalue weighted by Crippen LogP contribution is 2.20. The molecule has 0 aliphatic carbocycles. The molecular weight excluding hydrogens is 314 g/mol. The molecule has 1 aromatic carbocycles. The number of benzene rings is 1. The SMILES string of the molecule is CC(CS(=O)(=O)c1nnnn1-c1ccccc1)c1ccccn1. The van der Waals surface area contributed by atoms with Crippen molar-refractivity contribution < 1.29 is 8.42 Å². The lowest BCUT2D eigenvalue weighted by molar-refractivity contribution is 0.574. The van der Waals surface area contributed by atoms with Gasteiger partial charge < -0.3 is 0 Å². The molecule has 118 valence electrons. The van der Waals surface area contributed by atoms with Gasteiger partial charge in [-0.3, -0.25) is 4.98 Å².